The Kier molecular flexibility index (Phi) is 5.24. The molecule has 0 spiro atoms. The highest BCUT2D eigenvalue weighted by molar-refractivity contribution is 6.14. The molecule has 0 heterocycles. The monoisotopic (exact) mass is 506 g/mol. The molecule has 8 aromatic rings. The molecule has 0 saturated heterocycles. The van der Waals surface area contributed by atoms with Gasteiger partial charge in [0.05, 0.1) is 0 Å². The maximum atomic E-state index is 2.38. The predicted molar refractivity (Wildman–Crippen MR) is 173 cm³/mol. The van der Waals surface area contributed by atoms with Crippen molar-refractivity contribution in [3.05, 3.63) is 158 Å². The van der Waals surface area contributed by atoms with Crippen molar-refractivity contribution in [2.24, 2.45) is 0 Å². The van der Waals surface area contributed by atoms with E-state index in [9.17, 15) is 0 Å². The van der Waals surface area contributed by atoms with E-state index in [0.717, 1.165) is 0 Å². The first-order valence-corrected chi connectivity index (χ1v) is 13.9. The van der Waals surface area contributed by atoms with Gasteiger partial charge in [-0.25, -0.2) is 0 Å². The normalized spacial score (nSPS) is 11.5. The smallest absolute Gasteiger partial charge is 0.00201 e. The molecule has 0 aliphatic carbocycles. The van der Waals surface area contributed by atoms with Gasteiger partial charge in [0.1, 0.15) is 0 Å². The molecule has 0 aliphatic rings. The van der Waals surface area contributed by atoms with Crippen LogP contribution in [-0.4, -0.2) is 0 Å². The number of hydrogen-bond acceptors (Lipinski definition) is 0. The van der Waals surface area contributed by atoms with Crippen LogP contribution in [0.5, 0.6) is 0 Å². The molecule has 0 saturated carbocycles. The largest absolute Gasteiger partial charge is 0.0616 e. The van der Waals surface area contributed by atoms with Gasteiger partial charge in [-0.2, -0.15) is 0 Å². The van der Waals surface area contributed by atoms with Crippen LogP contribution in [0, 0.1) is 0 Å². The van der Waals surface area contributed by atoms with Crippen LogP contribution < -0.4 is 0 Å². The van der Waals surface area contributed by atoms with Crippen LogP contribution in [0.15, 0.2) is 158 Å². The van der Waals surface area contributed by atoms with Crippen molar-refractivity contribution in [2.45, 2.75) is 0 Å². The minimum Gasteiger partial charge on any atom is -0.0616 e. The summed E-state index contributed by atoms with van der Waals surface area (Å²) in [6.07, 6.45) is 0. The van der Waals surface area contributed by atoms with Gasteiger partial charge in [-0.1, -0.05) is 146 Å². The van der Waals surface area contributed by atoms with E-state index in [4.69, 9.17) is 0 Å². The van der Waals surface area contributed by atoms with Gasteiger partial charge in [0, 0.05) is 0 Å². The minimum absolute atomic E-state index is 1.25. The molecule has 8 aromatic carbocycles. The Hall–Kier alpha value is -5.20. The third kappa shape index (κ3) is 3.61. The van der Waals surface area contributed by atoms with Crippen molar-refractivity contribution in [3.63, 3.8) is 0 Å². The minimum atomic E-state index is 1.25. The lowest BCUT2D eigenvalue weighted by Crippen LogP contribution is -1.93. The van der Waals surface area contributed by atoms with Gasteiger partial charge in [0.15, 0.2) is 0 Å². The van der Waals surface area contributed by atoms with E-state index in [1.807, 2.05) is 0 Å². The van der Waals surface area contributed by atoms with Crippen molar-refractivity contribution >= 4 is 43.1 Å². The van der Waals surface area contributed by atoms with Gasteiger partial charge in [0.25, 0.3) is 0 Å². The molecule has 0 aromatic heterocycles. The summed E-state index contributed by atoms with van der Waals surface area (Å²) in [5.74, 6) is 0. The lowest BCUT2D eigenvalue weighted by atomic mass is 9.83. The van der Waals surface area contributed by atoms with Crippen LogP contribution in [0.4, 0.5) is 0 Å². The van der Waals surface area contributed by atoms with Gasteiger partial charge in [0.2, 0.25) is 0 Å². The van der Waals surface area contributed by atoms with E-state index in [2.05, 4.69) is 158 Å². The van der Waals surface area contributed by atoms with E-state index in [1.165, 1.54) is 76.5 Å². The first-order chi connectivity index (χ1) is 19.8. The molecule has 0 bridgehead atoms. The predicted octanol–water partition coefficient (Wildman–Crippen LogP) is 11.3. The number of benzene rings is 8. The van der Waals surface area contributed by atoms with E-state index in [-0.39, 0.29) is 0 Å². The Labute approximate surface area is 233 Å². The quantitative estimate of drug-likeness (QED) is 0.209. The highest BCUT2D eigenvalue weighted by Gasteiger charge is 2.18. The fourth-order valence-electron chi connectivity index (χ4n) is 6.38. The maximum Gasteiger partial charge on any atom is -0.00201 e. The number of hydrogen-bond donors (Lipinski definition) is 0. The second-order valence-electron chi connectivity index (χ2n) is 10.5. The molecule has 0 amide bonds. The third-order valence-electron chi connectivity index (χ3n) is 8.24. The summed E-state index contributed by atoms with van der Waals surface area (Å²) >= 11 is 0. The van der Waals surface area contributed by atoms with Crippen molar-refractivity contribution in [3.8, 4) is 33.4 Å². The topological polar surface area (TPSA) is 0 Å². The van der Waals surface area contributed by atoms with Crippen LogP contribution in [-0.2, 0) is 0 Å². The van der Waals surface area contributed by atoms with Gasteiger partial charge in [-0.15, -0.1) is 0 Å². The molecule has 0 nitrogen and oxygen atoms in total. The zero-order valence-electron chi connectivity index (χ0n) is 22.0. The molecule has 0 aliphatic heterocycles. The Balaban J connectivity index is 1.52. The van der Waals surface area contributed by atoms with Gasteiger partial charge >= 0.3 is 0 Å². The summed E-state index contributed by atoms with van der Waals surface area (Å²) in [5, 5.41) is 10.1. The fraction of sp³-hybridized carbons (Fsp3) is 0. The second kappa shape index (κ2) is 9.22. The summed E-state index contributed by atoms with van der Waals surface area (Å²) in [6, 6.07) is 57.7. The molecule has 0 radical (unpaired) electrons. The average molecular weight is 507 g/mol. The first kappa shape index (κ1) is 22.8. The Morgan fingerprint density at radius 3 is 1.38 bits per heavy atom. The SMILES string of the molecule is c1ccc(-c2c(-c3cccc4ccccc34)ccc3cc4ccccc4cc23)c(-c2cccc3ccccc23)c1. The molecule has 0 heteroatoms. The van der Waals surface area contributed by atoms with Crippen molar-refractivity contribution < 1.29 is 0 Å². The van der Waals surface area contributed by atoms with Gasteiger partial charge < -0.3 is 0 Å². The summed E-state index contributed by atoms with van der Waals surface area (Å²) in [5.41, 5.74) is 7.56. The van der Waals surface area contributed by atoms with Crippen LogP contribution in [0.1, 0.15) is 0 Å². The van der Waals surface area contributed by atoms with Crippen LogP contribution in [0.25, 0.3) is 76.5 Å². The van der Waals surface area contributed by atoms with Gasteiger partial charge in [-0.05, 0) is 88.6 Å². The van der Waals surface area contributed by atoms with Gasteiger partial charge in [-0.3, -0.25) is 0 Å². The standard InChI is InChI=1S/C40H26/c1-2-14-30-26-39-31(25-29(30)13-1)23-24-38(35-22-10-16-28-12-4-6-18-33(28)35)40(39)37-20-8-7-19-36(37)34-21-9-15-27-11-3-5-17-32(27)34/h1-26H. The van der Waals surface area contributed by atoms with Crippen molar-refractivity contribution in [1.82, 2.24) is 0 Å². The fourth-order valence-corrected chi connectivity index (χ4v) is 6.38. The van der Waals surface area contributed by atoms with Crippen molar-refractivity contribution in [2.75, 3.05) is 0 Å². The Morgan fingerprint density at radius 1 is 0.225 bits per heavy atom. The zero-order chi connectivity index (χ0) is 26.5. The molecular formula is C40H26. The Morgan fingerprint density at radius 2 is 0.700 bits per heavy atom. The van der Waals surface area contributed by atoms with Crippen LogP contribution >= 0.6 is 0 Å². The average Bonchev–Trinajstić information content (AvgIpc) is 3.03. The Bertz CT molecular complexity index is 2210. The lowest BCUT2D eigenvalue weighted by molar-refractivity contribution is 1.61. The molecule has 0 unspecified atom stereocenters. The summed E-state index contributed by atoms with van der Waals surface area (Å²) in [7, 11) is 0. The van der Waals surface area contributed by atoms with Crippen LogP contribution in [0.2, 0.25) is 0 Å². The number of rotatable bonds is 3. The summed E-state index contributed by atoms with van der Waals surface area (Å²) in [6.45, 7) is 0. The number of fused-ring (bicyclic) bond motifs is 4. The molecule has 40 heavy (non-hydrogen) atoms. The highest BCUT2D eigenvalue weighted by Crippen LogP contribution is 2.45. The van der Waals surface area contributed by atoms with E-state index in [0.29, 0.717) is 0 Å². The van der Waals surface area contributed by atoms with Crippen LogP contribution in [0.3, 0.4) is 0 Å². The lowest BCUT2D eigenvalue weighted by Gasteiger charge is -2.20. The third-order valence-corrected chi connectivity index (χ3v) is 8.24. The van der Waals surface area contributed by atoms with E-state index >= 15 is 0 Å². The summed E-state index contributed by atoms with van der Waals surface area (Å²) in [4.78, 5) is 0. The van der Waals surface area contributed by atoms with E-state index in [1.54, 1.807) is 0 Å². The molecular weight excluding hydrogens is 480 g/mol. The van der Waals surface area contributed by atoms with Crippen molar-refractivity contribution in [1.29, 1.82) is 0 Å². The molecule has 0 atom stereocenters. The first-order valence-electron chi connectivity index (χ1n) is 13.9. The second-order valence-corrected chi connectivity index (χ2v) is 10.5. The summed E-state index contributed by atoms with van der Waals surface area (Å²) < 4.78 is 0. The maximum absolute atomic E-state index is 2.38. The van der Waals surface area contributed by atoms with E-state index < -0.39 is 0 Å². The highest BCUT2D eigenvalue weighted by atomic mass is 14.2. The molecule has 8 rings (SSSR count). The molecule has 0 fully saturated rings. The molecule has 186 valence electrons. The zero-order valence-corrected chi connectivity index (χ0v) is 22.0. The molecule has 0 N–H and O–H groups in total.